The first kappa shape index (κ1) is 13.0. The van der Waals surface area contributed by atoms with Crippen LogP contribution in [0.3, 0.4) is 0 Å². The van der Waals surface area contributed by atoms with Crippen molar-refractivity contribution in [2.45, 2.75) is 12.5 Å². The van der Waals surface area contributed by atoms with E-state index in [1.807, 2.05) is 24.3 Å². The van der Waals surface area contributed by atoms with Crippen LogP contribution in [0.1, 0.15) is 16.9 Å². The molecule has 0 spiro atoms. The molecular formula is C15H19N3O2. The number of methoxy groups -OCH3 is 1. The Morgan fingerprint density at radius 2 is 2.30 bits per heavy atom. The lowest BCUT2D eigenvalue weighted by atomic mass is 10.2. The lowest BCUT2D eigenvalue weighted by Gasteiger charge is -2.11. The van der Waals surface area contributed by atoms with Crippen molar-refractivity contribution in [1.82, 2.24) is 15.2 Å². The van der Waals surface area contributed by atoms with Crippen LogP contribution < -0.4 is 10.1 Å². The Morgan fingerprint density at radius 3 is 3.00 bits per heavy atom. The highest BCUT2D eigenvalue weighted by atomic mass is 16.5. The summed E-state index contributed by atoms with van der Waals surface area (Å²) >= 11 is 0. The molecule has 2 N–H and O–H groups in total. The second-order valence-electron chi connectivity index (χ2n) is 5.36. The molecule has 5 nitrogen and oxygen atoms in total. The van der Waals surface area contributed by atoms with E-state index >= 15 is 0 Å². The molecule has 1 amide bonds. The zero-order valence-electron chi connectivity index (χ0n) is 11.8. The molecule has 1 aromatic heterocycles. The molecule has 2 aromatic rings. The van der Waals surface area contributed by atoms with Crippen molar-refractivity contribution < 1.29 is 9.53 Å². The normalized spacial score (nSPS) is 19.4. The summed E-state index contributed by atoms with van der Waals surface area (Å²) in [6.45, 7) is 1.95. The first-order chi connectivity index (χ1) is 9.65. The zero-order valence-corrected chi connectivity index (χ0v) is 11.8. The highest BCUT2D eigenvalue weighted by molar-refractivity contribution is 5.98. The van der Waals surface area contributed by atoms with E-state index in [0.717, 1.165) is 36.2 Å². The molecule has 0 aliphatic carbocycles. The first-order valence-corrected chi connectivity index (χ1v) is 6.82. The van der Waals surface area contributed by atoms with Crippen LogP contribution in [-0.2, 0) is 0 Å². The second kappa shape index (κ2) is 5.17. The number of rotatable bonds is 3. The number of nitrogens with zero attached hydrogens (tertiary/aromatic N) is 1. The fourth-order valence-corrected chi connectivity index (χ4v) is 2.68. The number of hydrogen-bond acceptors (Lipinski definition) is 3. The monoisotopic (exact) mass is 273 g/mol. The average Bonchev–Trinajstić information content (AvgIpc) is 3.03. The van der Waals surface area contributed by atoms with Gasteiger partial charge in [0.1, 0.15) is 11.4 Å². The predicted octanol–water partition coefficient (Wildman–Crippen LogP) is 1.61. The Kier molecular flexibility index (Phi) is 3.36. The second-order valence-corrected chi connectivity index (χ2v) is 5.36. The minimum atomic E-state index is -0.0412. The smallest absolute Gasteiger partial charge is 0.267 e. The summed E-state index contributed by atoms with van der Waals surface area (Å²) < 4.78 is 5.19. The van der Waals surface area contributed by atoms with Gasteiger partial charge < -0.3 is 19.9 Å². The van der Waals surface area contributed by atoms with Crippen molar-refractivity contribution in [2.75, 3.05) is 27.2 Å². The number of carbonyl (C=O) groups excluding carboxylic acids is 1. The number of ether oxygens (including phenoxy) is 1. The number of benzene rings is 1. The maximum Gasteiger partial charge on any atom is 0.267 e. The zero-order chi connectivity index (χ0) is 14.1. The molecule has 0 bridgehead atoms. The van der Waals surface area contributed by atoms with Gasteiger partial charge in [0.05, 0.1) is 7.11 Å². The van der Waals surface area contributed by atoms with E-state index in [4.69, 9.17) is 4.74 Å². The Labute approximate surface area is 117 Å². The number of amides is 1. The van der Waals surface area contributed by atoms with E-state index in [0.29, 0.717) is 5.69 Å². The van der Waals surface area contributed by atoms with Crippen LogP contribution >= 0.6 is 0 Å². The van der Waals surface area contributed by atoms with E-state index in [1.54, 1.807) is 7.11 Å². The lowest BCUT2D eigenvalue weighted by Crippen LogP contribution is -2.36. The number of aromatic nitrogens is 1. The summed E-state index contributed by atoms with van der Waals surface area (Å²) in [5.41, 5.74) is 1.54. The minimum absolute atomic E-state index is 0.0412. The van der Waals surface area contributed by atoms with Gasteiger partial charge in [-0.05, 0) is 44.3 Å². The molecule has 0 saturated carbocycles. The van der Waals surface area contributed by atoms with Crippen molar-refractivity contribution in [3.63, 3.8) is 0 Å². The summed E-state index contributed by atoms with van der Waals surface area (Å²) in [5.74, 6) is 0.751. The van der Waals surface area contributed by atoms with E-state index < -0.39 is 0 Å². The van der Waals surface area contributed by atoms with Crippen LogP contribution in [0.15, 0.2) is 24.3 Å². The maximum atomic E-state index is 12.2. The summed E-state index contributed by atoms with van der Waals surface area (Å²) in [6.07, 6.45) is 1.01. The molecule has 1 saturated heterocycles. The van der Waals surface area contributed by atoms with Gasteiger partial charge in [-0.1, -0.05) is 0 Å². The third-order valence-corrected chi connectivity index (χ3v) is 3.80. The third kappa shape index (κ3) is 2.49. The van der Waals surface area contributed by atoms with Gasteiger partial charge in [0.15, 0.2) is 0 Å². The molecule has 0 unspecified atom stereocenters. The number of carbonyl (C=O) groups is 1. The predicted molar refractivity (Wildman–Crippen MR) is 78.2 cm³/mol. The molecule has 20 heavy (non-hydrogen) atoms. The summed E-state index contributed by atoms with van der Waals surface area (Å²) in [4.78, 5) is 17.6. The molecule has 1 aliphatic heterocycles. The van der Waals surface area contributed by atoms with Crippen molar-refractivity contribution in [2.24, 2.45) is 0 Å². The number of fused-ring (bicyclic) bond motifs is 1. The molecule has 2 heterocycles. The van der Waals surface area contributed by atoms with Gasteiger partial charge in [0, 0.05) is 23.5 Å². The summed E-state index contributed by atoms with van der Waals surface area (Å²) in [5, 5.41) is 4.06. The summed E-state index contributed by atoms with van der Waals surface area (Å²) in [7, 11) is 3.71. The Hall–Kier alpha value is -2.01. The van der Waals surface area contributed by atoms with Crippen LogP contribution in [0.4, 0.5) is 0 Å². The minimum Gasteiger partial charge on any atom is -0.497 e. The Balaban J connectivity index is 1.77. The van der Waals surface area contributed by atoms with Crippen LogP contribution in [0.5, 0.6) is 5.75 Å². The molecule has 0 radical (unpaired) electrons. The lowest BCUT2D eigenvalue weighted by molar-refractivity contribution is 0.0934. The Bertz CT molecular complexity index is 635. The Morgan fingerprint density at radius 1 is 1.45 bits per heavy atom. The van der Waals surface area contributed by atoms with Crippen molar-refractivity contribution >= 4 is 16.8 Å². The standard InChI is InChI=1S/C15H19N3O2/c1-18-6-5-11(9-18)16-15(19)14-8-10-7-12(20-2)3-4-13(10)17-14/h3-4,7-8,11,17H,5-6,9H2,1-2H3,(H,16,19)/t11-/m0/s1. The van der Waals surface area contributed by atoms with Gasteiger partial charge in [-0.2, -0.15) is 0 Å². The van der Waals surface area contributed by atoms with Gasteiger partial charge in [-0.25, -0.2) is 0 Å². The third-order valence-electron chi connectivity index (χ3n) is 3.80. The van der Waals surface area contributed by atoms with Crippen molar-refractivity contribution in [3.05, 3.63) is 30.0 Å². The fraction of sp³-hybridized carbons (Fsp3) is 0.400. The maximum absolute atomic E-state index is 12.2. The van der Waals surface area contributed by atoms with E-state index in [1.165, 1.54) is 0 Å². The molecule has 1 atom stereocenters. The molecule has 5 heteroatoms. The van der Waals surface area contributed by atoms with Gasteiger partial charge in [0.25, 0.3) is 5.91 Å². The van der Waals surface area contributed by atoms with E-state index in [9.17, 15) is 4.79 Å². The number of hydrogen-bond donors (Lipinski definition) is 2. The van der Waals surface area contributed by atoms with Gasteiger partial charge >= 0.3 is 0 Å². The first-order valence-electron chi connectivity index (χ1n) is 6.82. The highest BCUT2D eigenvalue weighted by Crippen LogP contribution is 2.21. The highest BCUT2D eigenvalue weighted by Gasteiger charge is 2.22. The quantitative estimate of drug-likeness (QED) is 0.893. The largest absolute Gasteiger partial charge is 0.497 e. The van der Waals surface area contributed by atoms with Crippen molar-refractivity contribution in [3.8, 4) is 5.75 Å². The SMILES string of the molecule is COc1ccc2[nH]c(C(=O)N[C@H]3CCN(C)C3)cc2c1. The van der Waals surface area contributed by atoms with E-state index in [2.05, 4.69) is 22.2 Å². The number of aromatic amines is 1. The van der Waals surface area contributed by atoms with Crippen LogP contribution in [0, 0.1) is 0 Å². The van der Waals surface area contributed by atoms with Crippen LogP contribution in [0.2, 0.25) is 0 Å². The van der Waals surface area contributed by atoms with Crippen molar-refractivity contribution in [1.29, 1.82) is 0 Å². The molecular weight excluding hydrogens is 254 g/mol. The summed E-state index contributed by atoms with van der Waals surface area (Å²) in [6, 6.07) is 7.84. The topological polar surface area (TPSA) is 57.4 Å². The van der Waals surface area contributed by atoms with Crippen LogP contribution in [-0.4, -0.2) is 49.1 Å². The van der Waals surface area contributed by atoms with Gasteiger partial charge in [-0.3, -0.25) is 4.79 Å². The van der Waals surface area contributed by atoms with Crippen LogP contribution in [0.25, 0.3) is 10.9 Å². The molecule has 3 rings (SSSR count). The fourth-order valence-electron chi connectivity index (χ4n) is 2.68. The average molecular weight is 273 g/mol. The molecule has 1 aromatic carbocycles. The van der Waals surface area contributed by atoms with Gasteiger partial charge in [-0.15, -0.1) is 0 Å². The number of likely N-dealkylation sites (tertiary alicyclic amines) is 1. The number of H-pyrrole nitrogens is 1. The van der Waals surface area contributed by atoms with Gasteiger partial charge in [0.2, 0.25) is 0 Å². The molecule has 106 valence electrons. The van der Waals surface area contributed by atoms with E-state index in [-0.39, 0.29) is 11.9 Å². The molecule has 1 fully saturated rings. The number of likely N-dealkylation sites (N-methyl/N-ethyl adjacent to an activating group) is 1. The number of nitrogens with one attached hydrogen (secondary N) is 2. The molecule has 1 aliphatic rings.